The summed E-state index contributed by atoms with van der Waals surface area (Å²) in [5, 5.41) is 11.2. The molecule has 0 fully saturated rings. The first kappa shape index (κ1) is 11.4. The van der Waals surface area contributed by atoms with Crippen molar-refractivity contribution in [3.63, 3.8) is 0 Å². The van der Waals surface area contributed by atoms with E-state index >= 15 is 0 Å². The summed E-state index contributed by atoms with van der Waals surface area (Å²) in [7, 11) is 1.82. The van der Waals surface area contributed by atoms with Gasteiger partial charge in [0.15, 0.2) is 0 Å². The van der Waals surface area contributed by atoms with Crippen LogP contribution in [0.4, 0.5) is 5.82 Å². The van der Waals surface area contributed by atoms with Crippen molar-refractivity contribution in [1.29, 1.82) is 0 Å². The van der Waals surface area contributed by atoms with Crippen molar-refractivity contribution >= 4 is 5.82 Å². The molecule has 88 valence electrons. The highest BCUT2D eigenvalue weighted by molar-refractivity contribution is 5.67. The number of para-hydroxylation sites is 1. The molecule has 0 radical (unpaired) electrons. The van der Waals surface area contributed by atoms with Crippen molar-refractivity contribution in [2.75, 3.05) is 19.0 Å². The van der Waals surface area contributed by atoms with Crippen molar-refractivity contribution in [2.45, 2.75) is 6.92 Å². The molecule has 0 amide bonds. The quantitative estimate of drug-likeness (QED) is 0.875. The van der Waals surface area contributed by atoms with Gasteiger partial charge in [-0.25, -0.2) is 0 Å². The average molecular weight is 229 g/mol. The van der Waals surface area contributed by atoms with Crippen LogP contribution in [-0.2, 0) is 0 Å². The van der Waals surface area contributed by atoms with E-state index in [1.165, 1.54) is 0 Å². The molecule has 1 N–H and O–H groups in total. The van der Waals surface area contributed by atoms with Gasteiger partial charge in [0.25, 0.3) is 0 Å². The number of hydrogen-bond donors (Lipinski definition) is 1. The number of benzene rings is 1. The first-order valence-electron chi connectivity index (χ1n) is 5.59. The Morgan fingerprint density at radius 2 is 1.94 bits per heavy atom. The Morgan fingerprint density at radius 3 is 2.59 bits per heavy atom. The third kappa shape index (κ3) is 2.53. The molecule has 2 rings (SSSR count). The third-order valence-electron chi connectivity index (χ3n) is 2.38. The first-order valence-corrected chi connectivity index (χ1v) is 5.59. The van der Waals surface area contributed by atoms with Crippen LogP contribution >= 0.6 is 0 Å². The van der Waals surface area contributed by atoms with E-state index in [-0.39, 0.29) is 0 Å². The molecule has 0 aliphatic carbocycles. The number of hydrogen-bond acceptors (Lipinski definition) is 4. The number of ether oxygens (including phenoxy) is 1. The van der Waals surface area contributed by atoms with Crippen LogP contribution in [0.5, 0.6) is 5.75 Å². The number of anilines is 1. The van der Waals surface area contributed by atoms with Gasteiger partial charge in [0, 0.05) is 12.6 Å². The van der Waals surface area contributed by atoms with E-state index in [0.29, 0.717) is 6.61 Å². The lowest BCUT2D eigenvalue weighted by Gasteiger charge is -2.09. The highest BCUT2D eigenvalue weighted by Gasteiger charge is 2.06. The van der Waals surface area contributed by atoms with Crippen LogP contribution in [0.15, 0.2) is 36.4 Å². The second-order valence-corrected chi connectivity index (χ2v) is 3.48. The van der Waals surface area contributed by atoms with Gasteiger partial charge in [-0.2, -0.15) is 0 Å². The highest BCUT2D eigenvalue weighted by Crippen LogP contribution is 2.28. The predicted octanol–water partition coefficient (Wildman–Crippen LogP) is 2.58. The normalized spacial score (nSPS) is 10.0. The minimum Gasteiger partial charge on any atom is -0.493 e. The zero-order valence-electron chi connectivity index (χ0n) is 9.97. The minimum atomic E-state index is 0.638. The summed E-state index contributed by atoms with van der Waals surface area (Å²) < 4.78 is 5.56. The van der Waals surface area contributed by atoms with Crippen molar-refractivity contribution in [2.24, 2.45) is 0 Å². The fourth-order valence-electron chi connectivity index (χ4n) is 1.57. The second-order valence-electron chi connectivity index (χ2n) is 3.48. The van der Waals surface area contributed by atoms with Crippen molar-refractivity contribution in [1.82, 2.24) is 10.2 Å². The molecule has 1 heterocycles. The predicted molar refractivity (Wildman–Crippen MR) is 68.2 cm³/mol. The van der Waals surface area contributed by atoms with Crippen LogP contribution in [0.3, 0.4) is 0 Å². The van der Waals surface area contributed by atoms with Gasteiger partial charge in [0.2, 0.25) is 0 Å². The van der Waals surface area contributed by atoms with E-state index in [2.05, 4.69) is 15.5 Å². The molecular weight excluding hydrogens is 214 g/mol. The molecule has 1 aromatic carbocycles. The molecule has 0 unspecified atom stereocenters. The summed E-state index contributed by atoms with van der Waals surface area (Å²) in [6, 6.07) is 11.7. The van der Waals surface area contributed by atoms with E-state index in [0.717, 1.165) is 22.8 Å². The summed E-state index contributed by atoms with van der Waals surface area (Å²) in [6.45, 7) is 2.60. The first-order chi connectivity index (χ1) is 8.35. The second kappa shape index (κ2) is 5.30. The van der Waals surface area contributed by atoms with E-state index in [1.807, 2.05) is 50.4 Å². The molecule has 17 heavy (non-hydrogen) atoms. The van der Waals surface area contributed by atoms with Crippen LogP contribution in [-0.4, -0.2) is 23.9 Å². The van der Waals surface area contributed by atoms with Crippen LogP contribution in [0.1, 0.15) is 6.92 Å². The topological polar surface area (TPSA) is 47.0 Å². The van der Waals surface area contributed by atoms with Gasteiger partial charge in [-0.05, 0) is 31.2 Å². The maximum absolute atomic E-state index is 5.56. The zero-order valence-corrected chi connectivity index (χ0v) is 9.97. The number of nitrogens with one attached hydrogen (secondary N) is 1. The van der Waals surface area contributed by atoms with Crippen molar-refractivity contribution in [3.8, 4) is 17.0 Å². The molecule has 4 nitrogen and oxygen atoms in total. The molecule has 0 bridgehead atoms. The zero-order chi connectivity index (χ0) is 12.1. The van der Waals surface area contributed by atoms with Crippen LogP contribution in [0.2, 0.25) is 0 Å². The van der Waals surface area contributed by atoms with E-state index in [4.69, 9.17) is 4.74 Å². The Balaban J connectivity index is 2.37. The molecule has 0 atom stereocenters. The number of nitrogens with zero attached hydrogens (tertiary/aromatic N) is 2. The van der Waals surface area contributed by atoms with Gasteiger partial charge >= 0.3 is 0 Å². The molecular formula is C13H15N3O. The minimum absolute atomic E-state index is 0.638. The number of aromatic nitrogens is 2. The lowest BCUT2D eigenvalue weighted by molar-refractivity contribution is 0.341. The molecule has 0 saturated carbocycles. The summed E-state index contributed by atoms with van der Waals surface area (Å²) in [5.41, 5.74) is 1.78. The van der Waals surface area contributed by atoms with Crippen molar-refractivity contribution in [3.05, 3.63) is 36.4 Å². The number of rotatable bonds is 4. The Bertz CT molecular complexity index is 482. The Morgan fingerprint density at radius 1 is 1.12 bits per heavy atom. The monoisotopic (exact) mass is 229 g/mol. The van der Waals surface area contributed by atoms with Crippen LogP contribution < -0.4 is 10.1 Å². The smallest absolute Gasteiger partial charge is 0.148 e. The molecule has 0 aliphatic rings. The molecule has 1 aromatic heterocycles. The van der Waals surface area contributed by atoms with Gasteiger partial charge in [0.05, 0.1) is 12.3 Å². The molecule has 2 aromatic rings. The molecule has 0 saturated heterocycles. The highest BCUT2D eigenvalue weighted by atomic mass is 16.5. The maximum atomic E-state index is 5.56. The van der Waals surface area contributed by atoms with Crippen LogP contribution in [0, 0.1) is 0 Å². The van der Waals surface area contributed by atoms with E-state index < -0.39 is 0 Å². The van der Waals surface area contributed by atoms with Gasteiger partial charge in [-0.1, -0.05) is 12.1 Å². The lowest BCUT2D eigenvalue weighted by Crippen LogP contribution is -1.97. The largest absolute Gasteiger partial charge is 0.493 e. The molecule has 4 heteroatoms. The third-order valence-corrected chi connectivity index (χ3v) is 2.38. The van der Waals surface area contributed by atoms with Gasteiger partial charge in [-0.15, -0.1) is 10.2 Å². The Hall–Kier alpha value is -2.10. The van der Waals surface area contributed by atoms with Gasteiger partial charge < -0.3 is 10.1 Å². The molecule has 0 spiro atoms. The molecule has 0 aliphatic heterocycles. The summed E-state index contributed by atoms with van der Waals surface area (Å²) in [4.78, 5) is 0. The standard InChI is InChI=1S/C13H15N3O/c1-3-17-12-7-5-4-6-10(12)11-8-9-13(14-2)16-15-11/h4-9H,3H2,1-2H3,(H,14,16). The average Bonchev–Trinajstić information content (AvgIpc) is 2.40. The summed E-state index contributed by atoms with van der Waals surface area (Å²) in [6.07, 6.45) is 0. The summed E-state index contributed by atoms with van der Waals surface area (Å²) in [5.74, 6) is 1.59. The SMILES string of the molecule is CCOc1ccccc1-c1ccc(NC)nn1. The Labute approximate surface area is 101 Å². The maximum Gasteiger partial charge on any atom is 0.148 e. The fraction of sp³-hybridized carbons (Fsp3) is 0.231. The fourth-order valence-corrected chi connectivity index (χ4v) is 1.57. The summed E-state index contributed by atoms with van der Waals surface area (Å²) >= 11 is 0. The van der Waals surface area contributed by atoms with Gasteiger partial charge in [0.1, 0.15) is 11.6 Å². The van der Waals surface area contributed by atoms with Crippen LogP contribution in [0.25, 0.3) is 11.3 Å². The lowest BCUT2D eigenvalue weighted by atomic mass is 10.1. The van der Waals surface area contributed by atoms with E-state index in [1.54, 1.807) is 0 Å². The van der Waals surface area contributed by atoms with Gasteiger partial charge in [-0.3, -0.25) is 0 Å². The Kier molecular flexibility index (Phi) is 3.55. The van der Waals surface area contributed by atoms with E-state index in [9.17, 15) is 0 Å². The van der Waals surface area contributed by atoms with Crippen molar-refractivity contribution < 1.29 is 4.74 Å².